The largest absolute Gasteiger partial charge is 0.478 e. The number of carboxylic acids is 1. The molecular formula is C15H19BrFNO2. The molecule has 1 aliphatic carbocycles. The first-order chi connectivity index (χ1) is 9.30. The maximum atomic E-state index is 14.2. The molecule has 1 aromatic rings. The summed E-state index contributed by atoms with van der Waals surface area (Å²) < 4.78 is 14.2. The Hall–Kier alpha value is -1.10. The molecule has 20 heavy (non-hydrogen) atoms. The summed E-state index contributed by atoms with van der Waals surface area (Å²) in [6.45, 7) is 4.45. The van der Waals surface area contributed by atoms with Gasteiger partial charge in [0.1, 0.15) is 0 Å². The van der Waals surface area contributed by atoms with Gasteiger partial charge in [0.15, 0.2) is 5.82 Å². The van der Waals surface area contributed by atoms with Gasteiger partial charge in [0.2, 0.25) is 0 Å². The van der Waals surface area contributed by atoms with Crippen LogP contribution < -0.4 is 5.32 Å². The van der Waals surface area contributed by atoms with Gasteiger partial charge in [-0.05, 0) is 52.7 Å². The molecule has 3 nitrogen and oxygen atoms in total. The van der Waals surface area contributed by atoms with E-state index in [0.29, 0.717) is 5.69 Å². The van der Waals surface area contributed by atoms with Crippen LogP contribution in [0.1, 0.15) is 49.9 Å². The van der Waals surface area contributed by atoms with Crippen LogP contribution in [0.3, 0.4) is 0 Å². The lowest BCUT2D eigenvalue weighted by Crippen LogP contribution is -2.32. The number of carbonyl (C=O) groups is 1. The van der Waals surface area contributed by atoms with Crippen LogP contribution in [0.15, 0.2) is 16.6 Å². The van der Waals surface area contributed by atoms with Crippen LogP contribution in [0.5, 0.6) is 0 Å². The van der Waals surface area contributed by atoms with Gasteiger partial charge < -0.3 is 10.4 Å². The van der Waals surface area contributed by atoms with Crippen LogP contribution in [-0.4, -0.2) is 17.1 Å². The van der Waals surface area contributed by atoms with E-state index < -0.39 is 11.8 Å². The standard InChI is InChI=1S/C15H19BrFNO2/c1-15(2)7-3-4-9(8-15)18-11-6-5-10(14(19)20)12(16)13(11)17/h5-6,9,18H,3-4,7-8H2,1-2H3,(H,19,20). The van der Waals surface area contributed by atoms with E-state index in [1.165, 1.54) is 18.6 Å². The van der Waals surface area contributed by atoms with E-state index in [-0.39, 0.29) is 21.5 Å². The van der Waals surface area contributed by atoms with Crippen LogP contribution in [0.25, 0.3) is 0 Å². The average Bonchev–Trinajstić information content (AvgIpc) is 2.33. The third-order valence-electron chi connectivity index (χ3n) is 3.88. The molecule has 0 saturated heterocycles. The summed E-state index contributed by atoms with van der Waals surface area (Å²) in [7, 11) is 0. The highest BCUT2D eigenvalue weighted by Crippen LogP contribution is 2.37. The van der Waals surface area contributed by atoms with Gasteiger partial charge in [-0.2, -0.15) is 0 Å². The van der Waals surface area contributed by atoms with Crippen molar-refractivity contribution in [2.24, 2.45) is 5.41 Å². The second-order valence-electron chi connectivity index (χ2n) is 6.20. The zero-order chi connectivity index (χ0) is 14.9. The molecule has 0 radical (unpaired) electrons. The molecule has 1 saturated carbocycles. The molecule has 0 bridgehead atoms. The Labute approximate surface area is 126 Å². The summed E-state index contributed by atoms with van der Waals surface area (Å²) in [6, 6.07) is 3.16. The molecule has 5 heteroatoms. The lowest BCUT2D eigenvalue weighted by Gasteiger charge is -2.36. The normalized spacial score (nSPS) is 21.5. The molecule has 1 fully saturated rings. The highest BCUT2D eigenvalue weighted by Gasteiger charge is 2.28. The second-order valence-corrected chi connectivity index (χ2v) is 6.99. The predicted molar refractivity (Wildman–Crippen MR) is 80.7 cm³/mol. The Balaban J connectivity index is 2.18. The first-order valence-electron chi connectivity index (χ1n) is 6.78. The maximum absolute atomic E-state index is 14.2. The maximum Gasteiger partial charge on any atom is 0.336 e. The number of hydrogen-bond donors (Lipinski definition) is 2. The molecule has 1 aliphatic rings. The zero-order valence-electron chi connectivity index (χ0n) is 11.7. The SMILES string of the molecule is CC1(C)CCCC(Nc2ccc(C(=O)O)c(Br)c2F)C1. The summed E-state index contributed by atoms with van der Waals surface area (Å²) >= 11 is 3.02. The van der Waals surface area contributed by atoms with Crippen molar-refractivity contribution in [3.05, 3.63) is 28.0 Å². The number of hydrogen-bond acceptors (Lipinski definition) is 2. The van der Waals surface area contributed by atoms with Crippen molar-refractivity contribution in [3.8, 4) is 0 Å². The Morgan fingerprint density at radius 1 is 1.50 bits per heavy atom. The highest BCUT2D eigenvalue weighted by atomic mass is 79.9. The minimum atomic E-state index is -1.14. The number of nitrogens with one attached hydrogen (secondary N) is 1. The third-order valence-corrected chi connectivity index (χ3v) is 4.65. The monoisotopic (exact) mass is 343 g/mol. The lowest BCUT2D eigenvalue weighted by molar-refractivity contribution is 0.0695. The summed E-state index contributed by atoms with van der Waals surface area (Å²) in [4.78, 5) is 10.9. The first-order valence-corrected chi connectivity index (χ1v) is 7.57. The van der Waals surface area contributed by atoms with E-state index >= 15 is 0 Å². The van der Waals surface area contributed by atoms with Crippen molar-refractivity contribution in [3.63, 3.8) is 0 Å². The number of anilines is 1. The van der Waals surface area contributed by atoms with E-state index in [0.717, 1.165) is 19.3 Å². The second kappa shape index (κ2) is 5.72. The lowest BCUT2D eigenvalue weighted by atomic mass is 9.75. The molecule has 0 aromatic heterocycles. The number of aromatic carboxylic acids is 1. The molecule has 110 valence electrons. The Morgan fingerprint density at radius 2 is 2.20 bits per heavy atom. The fourth-order valence-corrected chi connectivity index (χ4v) is 3.38. The van der Waals surface area contributed by atoms with Gasteiger partial charge in [0.05, 0.1) is 15.7 Å². The fraction of sp³-hybridized carbons (Fsp3) is 0.533. The van der Waals surface area contributed by atoms with Crippen molar-refractivity contribution in [1.29, 1.82) is 0 Å². The van der Waals surface area contributed by atoms with Crippen LogP contribution in [0.4, 0.5) is 10.1 Å². The summed E-state index contributed by atoms with van der Waals surface area (Å²) in [6.07, 6.45) is 4.32. The van der Waals surface area contributed by atoms with Crippen LogP contribution in [0, 0.1) is 11.2 Å². The molecular weight excluding hydrogens is 325 g/mol. The van der Waals surface area contributed by atoms with Crippen molar-refractivity contribution in [1.82, 2.24) is 0 Å². The van der Waals surface area contributed by atoms with Gasteiger partial charge in [-0.15, -0.1) is 0 Å². The topological polar surface area (TPSA) is 49.3 Å². The molecule has 0 heterocycles. The molecule has 0 amide bonds. The minimum Gasteiger partial charge on any atom is -0.478 e. The first kappa shape index (κ1) is 15.3. The van der Waals surface area contributed by atoms with Gasteiger partial charge in [-0.25, -0.2) is 9.18 Å². The molecule has 1 atom stereocenters. The fourth-order valence-electron chi connectivity index (χ4n) is 2.87. The van der Waals surface area contributed by atoms with Crippen molar-refractivity contribution >= 4 is 27.6 Å². The van der Waals surface area contributed by atoms with Gasteiger partial charge in [-0.3, -0.25) is 0 Å². The van der Waals surface area contributed by atoms with Gasteiger partial charge in [0, 0.05) is 6.04 Å². The number of rotatable bonds is 3. The Morgan fingerprint density at radius 3 is 2.80 bits per heavy atom. The number of benzene rings is 1. The Kier molecular flexibility index (Phi) is 4.37. The van der Waals surface area contributed by atoms with E-state index in [1.807, 2.05) is 0 Å². The molecule has 0 spiro atoms. The van der Waals surface area contributed by atoms with E-state index in [4.69, 9.17) is 5.11 Å². The van der Waals surface area contributed by atoms with Gasteiger partial charge in [0.25, 0.3) is 0 Å². The summed E-state index contributed by atoms with van der Waals surface area (Å²) in [5.74, 6) is -1.67. The molecule has 1 aromatic carbocycles. The quantitative estimate of drug-likeness (QED) is 0.838. The predicted octanol–water partition coefficient (Wildman–Crippen LogP) is 4.67. The van der Waals surface area contributed by atoms with Crippen molar-refractivity contribution < 1.29 is 14.3 Å². The van der Waals surface area contributed by atoms with Crippen LogP contribution in [-0.2, 0) is 0 Å². The number of halogens is 2. The summed E-state index contributed by atoms with van der Waals surface area (Å²) in [5.41, 5.74) is 0.576. The zero-order valence-corrected chi connectivity index (χ0v) is 13.3. The highest BCUT2D eigenvalue weighted by molar-refractivity contribution is 9.10. The minimum absolute atomic E-state index is 0.00469. The summed E-state index contributed by atoms with van der Waals surface area (Å²) in [5, 5.41) is 12.2. The van der Waals surface area contributed by atoms with E-state index in [1.54, 1.807) is 0 Å². The van der Waals surface area contributed by atoms with Crippen LogP contribution in [0.2, 0.25) is 0 Å². The van der Waals surface area contributed by atoms with E-state index in [2.05, 4.69) is 35.1 Å². The third kappa shape index (κ3) is 3.32. The van der Waals surface area contributed by atoms with Gasteiger partial charge in [-0.1, -0.05) is 20.3 Å². The van der Waals surface area contributed by atoms with Gasteiger partial charge >= 0.3 is 5.97 Å². The molecule has 0 aliphatic heterocycles. The smallest absolute Gasteiger partial charge is 0.336 e. The van der Waals surface area contributed by atoms with Crippen LogP contribution >= 0.6 is 15.9 Å². The molecule has 1 unspecified atom stereocenters. The average molecular weight is 344 g/mol. The van der Waals surface area contributed by atoms with E-state index in [9.17, 15) is 9.18 Å². The molecule has 2 N–H and O–H groups in total. The Bertz CT molecular complexity index is 531. The molecule has 2 rings (SSSR count). The number of carboxylic acid groups (broad SMARTS) is 1. The van der Waals surface area contributed by atoms with Crippen molar-refractivity contribution in [2.75, 3.05) is 5.32 Å². The van der Waals surface area contributed by atoms with Crippen molar-refractivity contribution in [2.45, 2.75) is 45.6 Å².